The molecule has 1 aromatic carbocycles. The summed E-state index contributed by atoms with van der Waals surface area (Å²) >= 11 is 1.29. The van der Waals surface area contributed by atoms with Gasteiger partial charge in [-0.05, 0) is 37.3 Å². The van der Waals surface area contributed by atoms with Crippen molar-refractivity contribution in [1.82, 2.24) is 19.4 Å². The molecule has 2 aromatic heterocycles. The minimum atomic E-state index is -0.413. The summed E-state index contributed by atoms with van der Waals surface area (Å²) in [5, 5.41) is 3.13. The van der Waals surface area contributed by atoms with E-state index < -0.39 is 5.91 Å². The normalized spacial score (nSPS) is 12.6. The van der Waals surface area contributed by atoms with Crippen molar-refractivity contribution in [3.05, 3.63) is 48.4 Å². The number of imidazole rings is 1. The van der Waals surface area contributed by atoms with Gasteiger partial charge in [-0.25, -0.2) is 4.98 Å². The van der Waals surface area contributed by atoms with E-state index in [1.54, 1.807) is 36.1 Å². The molecule has 3 aromatic rings. The minimum Gasteiger partial charge on any atom is -0.486 e. The van der Waals surface area contributed by atoms with Crippen LogP contribution in [-0.2, 0) is 18.4 Å². The number of ether oxygens (including phenoxy) is 2. The summed E-state index contributed by atoms with van der Waals surface area (Å²) in [7, 11) is 1.76. The quantitative estimate of drug-likeness (QED) is 0.610. The summed E-state index contributed by atoms with van der Waals surface area (Å²) in [6.45, 7) is 3.79. The highest BCUT2D eigenvalue weighted by Gasteiger charge is 2.18. The van der Waals surface area contributed by atoms with Gasteiger partial charge in [-0.15, -0.1) is 0 Å². The van der Waals surface area contributed by atoms with Crippen LogP contribution in [0.1, 0.15) is 17.4 Å². The van der Waals surface area contributed by atoms with Crippen molar-refractivity contribution in [2.24, 2.45) is 7.05 Å². The number of thioether (sulfide) groups is 1. The zero-order chi connectivity index (χ0) is 21.1. The first-order chi connectivity index (χ1) is 14.6. The molecule has 9 heteroatoms. The van der Waals surface area contributed by atoms with Crippen molar-refractivity contribution >= 4 is 23.6 Å². The number of fused-ring (bicyclic) bond motifs is 1. The van der Waals surface area contributed by atoms with E-state index in [1.165, 1.54) is 11.8 Å². The first-order valence-electron chi connectivity index (χ1n) is 9.60. The van der Waals surface area contributed by atoms with E-state index in [1.807, 2.05) is 29.7 Å². The molecular formula is C21H22N4O4S. The molecule has 0 radical (unpaired) electrons. The van der Waals surface area contributed by atoms with Crippen LogP contribution in [0, 0.1) is 0 Å². The average Bonchev–Trinajstić information content (AvgIpc) is 3.37. The summed E-state index contributed by atoms with van der Waals surface area (Å²) in [6, 6.07) is 9.23. The van der Waals surface area contributed by atoms with E-state index in [2.05, 4.69) is 10.3 Å². The fourth-order valence-electron chi connectivity index (χ4n) is 3.27. The summed E-state index contributed by atoms with van der Waals surface area (Å²) in [6.07, 6.45) is 3.54. The first kappa shape index (κ1) is 20.1. The van der Waals surface area contributed by atoms with Crippen molar-refractivity contribution < 1.29 is 19.1 Å². The smallest absolute Gasteiger partial charge is 0.274 e. The van der Waals surface area contributed by atoms with Gasteiger partial charge in [0.25, 0.3) is 5.91 Å². The third kappa shape index (κ3) is 4.06. The number of carbonyl (C=O) groups is 2. The first-order valence-corrected chi connectivity index (χ1v) is 10.6. The Labute approximate surface area is 178 Å². The van der Waals surface area contributed by atoms with Crippen LogP contribution in [0.25, 0.3) is 11.3 Å². The Bertz CT molecular complexity index is 1090. The Morgan fingerprint density at radius 1 is 1.20 bits per heavy atom. The lowest BCUT2D eigenvalue weighted by atomic mass is 10.1. The van der Waals surface area contributed by atoms with Crippen LogP contribution in [0.4, 0.5) is 0 Å². The highest BCUT2D eigenvalue weighted by Crippen LogP contribution is 2.35. The highest BCUT2D eigenvalue weighted by molar-refractivity contribution is 7.99. The molecule has 1 aliphatic rings. The third-order valence-corrected chi connectivity index (χ3v) is 5.73. The van der Waals surface area contributed by atoms with Crippen molar-refractivity contribution in [2.75, 3.05) is 19.0 Å². The Balaban J connectivity index is 1.44. The number of aromatic nitrogens is 3. The van der Waals surface area contributed by atoms with Gasteiger partial charge in [-0.1, -0.05) is 11.8 Å². The van der Waals surface area contributed by atoms with E-state index in [0.29, 0.717) is 30.6 Å². The predicted molar refractivity (Wildman–Crippen MR) is 113 cm³/mol. The molecule has 1 N–H and O–H groups in total. The van der Waals surface area contributed by atoms with Crippen LogP contribution in [0.5, 0.6) is 11.5 Å². The topological polar surface area (TPSA) is 87.4 Å². The monoisotopic (exact) mass is 426 g/mol. The van der Waals surface area contributed by atoms with Crippen LogP contribution in [0.2, 0.25) is 0 Å². The summed E-state index contributed by atoms with van der Waals surface area (Å²) < 4.78 is 15.0. The Kier molecular flexibility index (Phi) is 5.80. The molecule has 1 aliphatic heterocycles. The van der Waals surface area contributed by atoms with Gasteiger partial charge in [-0.2, -0.15) is 0 Å². The number of amides is 2. The van der Waals surface area contributed by atoms with Gasteiger partial charge in [0.05, 0.1) is 17.6 Å². The Morgan fingerprint density at radius 2 is 2.00 bits per heavy atom. The van der Waals surface area contributed by atoms with E-state index in [4.69, 9.17) is 9.47 Å². The minimum absolute atomic E-state index is 0.0910. The second-order valence-electron chi connectivity index (χ2n) is 6.70. The molecule has 8 nitrogen and oxygen atoms in total. The number of hydrogen-bond acceptors (Lipinski definition) is 6. The predicted octanol–water partition coefficient (Wildman–Crippen LogP) is 2.73. The van der Waals surface area contributed by atoms with Gasteiger partial charge >= 0.3 is 0 Å². The lowest BCUT2D eigenvalue weighted by Crippen LogP contribution is -2.33. The van der Waals surface area contributed by atoms with Gasteiger partial charge in [0, 0.05) is 25.4 Å². The lowest BCUT2D eigenvalue weighted by Gasteiger charge is -2.19. The van der Waals surface area contributed by atoms with Gasteiger partial charge in [0.15, 0.2) is 16.7 Å². The SMILES string of the molecule is CCn1c(-c2ccc3c(c2)OCCO3)cnc1SCC(=O)NC(=O)c1cccn1C. The molecule has 0 unspecified atom stereocenters. The van der Waals surface area contributed by atoms with Crippen LogP contribution in [0.3, 0.4) is 0 Å². The van der Waals surface area contributed by atoms with E-state index >= 15 is 0 Å². The van der Waals surface area contributed by atoms with E-state index in [-0.39, 0.29) is 11.7 Å². The number of aryl methyl sites for hydroxylation is 1. The Hall–Kier alpha value is -3.20. The molecule has 4 rings (SSSR count). The number of carbonyl (C=O) groups excluding carboxylic acids is 2. The molecule has 0 spiro atoms. The molecule has 0 saturated carbocycles. The van der Waals surface area contributed by atoms with Gasteiger partial charge < -0.3 is 18.6 Å². The molecule has 0 bridgehead atoms. The summed E-state index contributed by atoms with van der Waals surface area (Å²) in [5.41, 5.74) is 2.32. The van der Waals surface area contributed by atoms with Crippen molar-refractivity contribution in [2.45, 2.75) is 18.6 Å². The van der Waals surface area contributed by atoms with Crippen LogP contribution >= 0.6 is 11.8 Å². The summed E-state index contributed by atoms with van der Waals surface area (Å²) in [5.74, 6) is 0.770. The van der Waals surface area contributed by atoms with Gasteiger partial charge in [0.1, 0.15) is 18.9 Å². The molecule has 0 fully saturated rings. The van der Waals surface area contributed by atoms with Crippen LogP contribution < -0.4 is 14.8 Å². The molecule has 3 heterocycles. The number of hydrogen-bond donors (Lipinski definition) is 1. The lowest BCUT2D eigenvalue weighted by molar-refractivity contribution is -0.117. The zero-order valence-electron chi connectivity index (χ0n) is 16.8. The largest absolute Gasteiger partial charge is 0.486 e. The van der Waals surface area contributed by atoms with E-state index in [9.17, 15) is 9.59 Å². The Morgan fingerprint density at radius 3 is 2.73 bits per heavy atom. The number of nitrogens with one attached hydrogen (secondary N) is 1. The molecule has 156 valence electrons. The van der Waals surface area contributed by atoms with Crippen molar-refractivity contribution in [3.8, 4) is 22.8 Å². The zero-order valence-corrected chi connectivity index (χ0v) is 17.6. The molecule has 0 aliphatic carbocycles. The maximum Gasteiger partial charge on any atom is 0.274 e. The standard InChI is InChI=1S/C21H22N4O4S/c1-3-25-16(14-6-7-17-18(11-14)29-10-9-28-17)12-22-21(25)30-13-19(26)23-20(27)15-5-4-8-24(15)2/h4-8,11-12H,3,9-10,13H2,1-2H3,(H,23,26,27). The van der Waals surface area contributed by atoms with Crippen LogP contribution in [0.15, 0.2) is 47.9 Å². The van der Waals surface area contributed by atoms with Crippen LogP contribution in [-0.4, -0.2) is 44.9 Å². The van der Waals surface area contributed by atoms with E-state index in [0.717, 1.165) is 22.8 Å². The summed E-state index contributed by atoms with van der Waals surface area (Å²) in [4.78, 5) is 28.9. The average molecular weight is 426 g/mol. The maximum atomic E-state index is 12.2. The number of benzene rings is 1. The van der Waals surface area contributed by atoms with Gasteiger partial charge in [-0.3, -0.25) is 14.9 Å². The number of nitrogens with zero attached hydrogens (tertiary/aromatic N) is 3. The molecule has 0 saturated heterocycles. The second-order valence-corrected chi connectivity index (χ2v) is 7.64. The number of rotatable bonds is 6. The van der Waals surface area contributed by atoms with Crippen molar-refractivity contribution in [3.63, 3.8) is 0 Å². The molecular weight excluding hydrogens is 404 g/mol. The molecule has 30 heavy (non-hydrogen) atoms. The molecule has 0 atom stereocenters. The fraction of sp³-hybridized carbons (Fsp3) is 0.286. The van der Waals surface area contributed by atoms with Gasteiger partial charge in [0.2, 0.25) is 5.91 Å². The number of imide groups is 1. The highest BCUT2D eigenvalue weighted by atomic mass is 32.2. The maximum absolute atomic E-state index is 12.2. The second kappa shape index (κ2) is 8.66. The molecule has 2 amide bonds. The van der Waals surface area contributed by atoms with Crippen molar-refractivity contribution in [1.29, 1.82) is 0 Å². The third-order valence-electron chi connectivity index (χ3n) is 4.73. The fourth-order valence-corrected chi connectivity index (χ4v) is 4.11.